The van der Waals surface area contributed by atoms with Gasteiger partial charge in [0.1, 0.15) is 11.5 Å². The van der Waals surface area contributed by atoms with Crippen LogP contribution in [0.3, 0.4) is 0 Å². The van der Waals surface area contributed by atoms with E-state index in [9.17, 15) is 18.3 Å². The number of hydrogen-bond acceptors (Lipinski definition) is 5. The smallest absolute Gasteiger partial charge is 0.385 e. The van der Waals surface area contributed by atoms with Gasteiger partial charge in [0.15, 0.2) is 0 Å². The number of hydrogen-bond donors (Lipinski definition) is 2. The lowest BCUT2D eigenvalue weighted by molar-refractivity contribution is -0.141. The van der Waals surface area contributed by atoms with Gasteiger partial charge in [0, 0.05) is 29.8 Å². The molecule has 0 aliphatic carbocycles. The van der Waals surface area contributed by atoms with Crippen LogP contribution in [0.4, 0.5) is 13.2 Å². The first-order chi connectivity index (χ1) is 12.7. The summed E-state index contributed by atoms with van der Waals surface area (Å²) in [5.41, 5.74) is -0.883. The average molecular weight is 380 g/mol. The van der Waals surface area contributed by atoms with Gasteiger partial charge in [0.05, 0.1) is 11.3 Å². The average Bonchev–Trinajstić information content (AvgIpc) is 2.61. The van der Waals surface area contributed by atoms with Gasteiger partial charge < -0.3 is 10.4 Å². The van der Waals surface area contributed by atoms with Crippen LogP contribution in [0.1, 0.15) is 54.2 Å². The molecular formula is C19H23F3N4O. The molecule has 27 heavy (non-hydrogen) atoms. The number of aromatic nitrogens is 3. The normalized spacial score (nSPS) is 18.3. The van der Waals surface area contributed by atoms with E-state index >= 15 is 0 Å². The van der Waals surface area contributed by atoms with Crippen LogP contribution in [0.15, 0.2) is 24.4 Å². The second kappa shape index (κ2) is 7.52. The van der Waals surface area contributed by atoms with Crippen molar-refractivity contribution in [2.24, 2.45) is 0 Å². The Hall–Kier alpha value is -2.06. The van der Waals surface area contributed by atoms with Crippen molar-refractivity contribution in [1.29, 1.82) is 0 Å². The molecule has 0 saturated carbocycles. The molecule has 0 amide bonds. The number of aliphatic hydroxyl groups is 1. The van der Waals surface area contributed by atoms with Gasteiger partial charge in [-0.1, -0.05) is 6.07 Å². The zero-order valence-corrected chi connectivity index (χ0v) is 15.3. The van der Waals surface area contributed by atoms with Gasteiger partial charge in [-0.2, -0.15) is 13.2 Å². The summed E-state index contributed by atoms with van der Waals surface area (Å²) in [5, 5.41) is 14.4. The summed E-state index contributed by atoms with van der Waals surface area (Å²) in [6.45, 7) is 5.10. The second-order valence-corrected chi connectivity index (χ2v) is 7.20. The van der Waals surface area contributed by atoms with E-state index in [0.717, 1.165) is 37.7 Å². The van der Waals surface area contributed by atoms with E-state index in [0.29, 0.717) is 11.4 Å². The van der Waals surface area contributed by atoms with Gasteiger partial charge in [-0.05, 0) is 51.9 Å². The first kappa shape index (κ1) is 19.7. The van der Waals surface area contributed by atoms with Crippen molar-refractivity contribution in [3.8, 4) is 0 Å². The van der Waals surface area contributed by atoms with Gasteiger partial charge in [-0.15, -0.1) is 0 Å². The molecule has 0 spiro atoms. The summed E-state index contributed by atoms with van der Waals surface area (Å²) in [7, 11) is 0. The molecule has 3 rings (SSSR count). The van der Waals surface area contributed by atoms with Crippen LogP contribution < -0.4 is 5.32 Å². The van der Waals surface area contributed by atoms with Crippen molar-refractivity contribution in [1.82, 2.24) is 20.3 Å². The third-order valence-electron chi connectivity index (χ3n) is 4.87. The first-order valence-corrected chi connectivity index (χ1v) is 8.97. The molecule has 1 fully saturated rings. The Balaban J connectivity index is 1.93. The molecule has 1 aliphatic rings. The van der Waals surface area contributed by atoms with Crippen molar-refractivity contribution >= 4 is 0 Å². The topological polar surface area (TPSA) is 70.9 Å². The molecule has 1 unspecified atom stereocenters. The molecule has 1 saturated heterocycles. The number of pyridine rings is 1. The molecule has 8 heteroatoms. The van der Waals surface area contributed by atoms with Crippen LogP contribution in [0.2, 0.25) is 0 Å². The van der Waals surface area contributed by atoms with Gasteiger partial charge in [0.25, 0.3) is 0 Å². The lowest BCUT2D eigenvalue weighted by Gasteiger charge is -2.30. The summed E-state index contributed by atoms with van der Waals surface area (Å²) < 4.78 is 38.8. The Morgan fingerprint density at radius 3 is 2.56 bits per heavy atom. The van der Waals surface area contributed by atoms with Crippen molar-refractivity contribution < 1.29 is 18.3 Å². The minimum atomic E-state index is -4.52. The summed E-state index contributed by atoms with van der Waals surface area (Å²) in [5.74, 6) is 0.796. The quantitative estimate of drug-likeness (QED) is 0.853. The SMILES string of the molecule is Cc1ncc(C(C)(O)Cc2cccc(C(F)(F)F)n2)c(C2CCNCC2)n1. The molecule has 3 heterocycles. The summed E-state index contributed by atoms with van der Waals surface area (Å²) >= 11 is 0. The van der Waals surface area contributed by atoms with Crippen molar-refractivity contribution in [2.45, 2.75) is 50.8 Å². The third-order valence-corrected chi connectivity index (χ3v) is 4.87. The number of rotatable bonds is 4. The molecule has 0 radical (unpaired) electrons. The Morgan fingerprint density at radius 2 is 1.89 bits per heavy atom. The number of alkyl halides is 3. The lowest BCUT2D eigenvalue weighted by atomic mass is 9.84. The molecule has 5 nitrogen and oxygen atoms in total. The lowest BCUT2D eigenvalue weighted by Crippen LogP contribution is -2.32. The maximum absolute atomic E-state index is 12.9. The summed E-state index contributed by atoms with van der Waals surface area (Å²) in [4.78, 5) is 12.5. The highest BCUT2D eigenvalue weighted by Gasteiger charge is 2.35. The maximum Gasteiger partial charge on any atom is 0.433 e. The van der Waals surface area contributed by atoms with Gasteiger partial charge in [-0.3, -0.25) is 0 Å². The molecular weight excluding hydrogens is 357 g/mol. The highest BCUT2D eigenvalue weighted by molar-refractivity contribution is 5.30. The van der Waals surface area contributed by atoms with Crippen molar-refractivity contribution in [3.63, 3.8) is 0 Å². The number of halogens is 3. The minimum absolute atomic E-state index is 0.0543. The zero-order valence-electron chi connectivity index (χ0n) is 15.3. The van der Waals surface area contributed by atoms with E-state index in [2.05, 4.69) is 20.3 Å². The molecule has 2 aromatic heterocycles. The molecule has 0 aromatic carbocycles. The van der Waals surface area contributed by atoms with Gasteiger partial charge in [0.2, 0.25) is 0 Å². The highest BCUT2D eigenvalue weighted by Crippen LogP contribution is 2.34. The molecule has 0 bridgehead atoms. The first-order valence-electron chi connectivity index (χ1n) is 8.97. The van der Waals surface area contributed by atoms with E-state index < -0.39 is 17.5 Å². The highest BCUT2D eigenvalue weighted by atomic mass is 19.4. The van der Waals surface area contributed by atoms with Crippen molar-refractivity contribution in [3.05, 3.63) is 52.9 Å². The van der Waals surface area contributed by atoms with Crippen molar-refractivity contribution in [2.75, 3.05) is 13.1 Å². The summed E-state index contributed by atoms with van der Waals surface area (Å²) in [6, 6.07) is 3.72. The van der Waals surface area contributed by atoms with E-state index in [1.165, 1.54) is 12.1 Å². The Kier molecular flexibility index (Phi) is 5.48. The third kappa shape index (κ3) is 4.62. The number of nitrogens with one attached hydrogen (secondary N) is 1. The van der Waals surface area contributed by atoms with Crippen LogP contribution in [0.5, 0.6) is 0 Å². The fourth-order valence-corrected chi connectivity index (χ4v) is 3.49. The zero-order chi connectivity index (χ0) is 19.7. The van der Waals surface area contributed by atoms with Crippen LogP contribution >= 0.6 is 0 Å². The Morgan fingerprint density at radius 1 is 1.19 bits per heavy atom. The largest absolute Gasteiger partial charge is 0.433 e. The van der Waals surface area contributed by atoms with Gasteiger partial charge in [-0.25, -0.2) is 15.0 Å². The van der Waals surface area contributed by atoms with E-state index in [4.69, 9.17) is 0 Å². The minimum Gasteiger partial charge on any atom is -0.385 e. The van der Waals surface area contributed by atoms with E-state index in [1.54, 1.807) is 20.0 Å². The second-order valence-electron chi connectivity index (χ2n) is 7.20. The molecule has 1 aliphatic heterocycles. The molecule has 2 N–H and O–H groups in total. The van der Waals surface area contributed by atoms with E-state index in [1.807, 2.05) is 0 Å². The maximum atomic E-state index is 12.9. The standard InChI is InChI=1S/C19H23F3N4O/c1-12-24-11-15(17(25-12)13-6-8-23-9-7-13)18(2,27)10-14-4-3-5-16(26-14)19(20,21)22/h3-5,11,13,23,27H,6-10H2,1-2H3. The number of aryl methyl sites for hydroxylation is 1. The van der Waals surface area contributed by atoms with Gasteiger partial charge >= 0.3 is 6.18 Å². The summed E-state index contributed by atoms with van der Waals surface area (Å²) in [6.07, 6.45) is -1.20. The Bertz CT molecular complexity index is 802. The molecule has 146 valence electrons. The van der Waals surface area contributed by atoms with Crippen LogP contribution in [-0.4, -0.2) is 33.1 Å². The van der Waals surface area contributed by atoms with Crippen LogP contribution in [0, 0.1) is 6.92 Å². The predicted octanol–water partition coefficient (Wildman–Crippen LogP) is 3.12. The van der Waals surface area contributed by atoms with Crippen LogP contribution in [0.25, 0.3) is 0 Å². The fraction of sp³-hybridized carbons (Fsp3) is 0.526. The predicted molar refractivity (Wildman–Crippen MR) is 94.1 cm³/mol. The number of piperidine rings is 1. The number of nitrogens with zero attached hydrogens (tertiary/aromatic N) is 3. The van der Waals surface area contributed by atoms with Crippen LogP contribution in [-0.2, 0) is 18.2 Å². The van der Waals surface area contributed by atoms with E-state index in [-0.39, 0.29) is 18.0 Å². The molecule has 2 aromatic rings. The Labute approximate surface area is 156 Å². The molecule has 1 atom stereocenters. The monoisotopic (exact) mass is 380 g/mol. The fourth-order valence-electron chi connectivity index (χ4n) is 3.49.